The molecule has 1 heterocycles. The first kappa shape index (κ1) is 19.9. The van der Waals surface area contributed by atoms with Crippen LogP contribution in [0.3, 0.4) is 0 Å². The van der Waals surface area contributed by atoms with Crippen molar-refractivity contribution in [3.8, 4) is 0 Å². The predicted octanol–water partition coefficient (Wildman–Crippen LogP) is -2.86. The van der Waals surface area contributed by atoms with Crippen LogP contribution < -0.4 is 27.4 Å². The first-order valence-corrected chi connectivity index (χ1v) is 8.50. The van der Waals surface area contributed by atoms with Crippen LogP contribution in [0.4, 0.5) is 0 Å². The SMILES string of the molecule is CS(=O)(=O)N(N)C(=O)c1ccc[n+](CC(=O)c2ccccc2)c1.[Br-]. The number of pyridine rings is 1. The highest BCUT2D eigenvalue weighted by Gasteiger charge is 2.23. The van der Waals surface area contributed by atoms with E-state index in [1.165, 1.54) is 16.8 Å². The normalized spacial score (nSPS) is 10.6. The lowest BCUT2D eigenvalue weighted by molar-refractivity contribution is -0.683. The molecule has 0 saturated heterocycles. The molecular weight excluding hydrogens is 398 g/mol. The van der Waals surface area contributed by atoms with Gasteiger partial charge in [0.25, 0.3) is 5.91 Å². The molecule has 1 amide bonds. The molecular formula is C15H16BrN3O4S. The van der Waals surface area contributed by atoms with Crippen molar-refractivity contribution in [2.45, 2.75) is 6.54 Å². The number of hydrazine groups is 1. The van der Waals surface area contributed by atoms with Crippen molar-refractivity contribution in [1.82, 2.24) is 4.41 Å². The molecule has 0 spiro atoms. The Morgan fingerprint density at radius 1 is 1.08 bits per heavy atom. The maximum absolute atomic E-state index is 12.2. The number of carbonyl (C=O) groups excluding carboxylic acids is 2. The predicted molar refractivity (Wildman–Crippen MR) is 82.6 cm³/mol. The number of amides is 1. The Balaban J connectivity index is 0.00000288. The number of halogens is 1. The lowest BCUT2D eigenvalue weighted by Crippen LogP contribution is -3.00. The van der Waals surface area contributed by atoms with E-state index < -0.39 is 15.9 Å². The van der Waals surface area contributed by atoms with Crippen molar-refractivity contribution in [2.75, 3.05) is 6.26 Å². The fourth-order valence-electron chi connectivity index (χ4n) is 1.91. The fourth-order valence-corrected chi connectivity index (χ4v) is 2.31. The van der Waals surface area contributed by atoms with Gasteiger partial charge >= 0.3 is 0 Å². The standard InChI is InChI=1S/C15H16N3O4S.BrH/c1-23(21,22)18(16)15(20)13-8-5-9-17(10-13)11-14(19)12-6-3-2-4-7-12;/h2-10H,11,16H2,1H3;1H/q+1;/p-1. The van der Waals surface area contributed by atoms with Gasteiger partial charge in [-0.05, 0) is 6.07 Å². The van der Waals surface area contributed by atoms with Crippen molar-refractivity contribution in [3.05, 3.63) is 66.0 Å². The Hall–Kier alpha value is -2.10. The number of rotatable bonds is 5. The topological polar surface area (TPSA) is 101 Å². The van der Waals surface area contributed by atoms with Crippen LogP contribution in [0, 0.1) is 0 Å². The van der Waals surface area contributed by atoms with Crippen LogP contribution in [-0.4, -0.2) is 30.8 Å². The largest absolute Gasteiger partial charge is 1.00 e. The average molecular weight is 414 g/mol. The lowest BCUT2D eigenvalue weighted by atomic mass is 10.1. The highest BCUT2D eigenvalue weighted by molar-refractivity contribution is 7.88. The van der Waals surface area contributed by atoms with Crippen molar-refractivity contribution in [3.63, 3.8) is 0 Å². The van der Waals surface area contributed by atoms with E-state index in [4.69, 9.17) is 5.84 Å². The summed E-state index contributed by atoms with van der Waals surface area (Å²) in [5, 5.41) is 0. The summed E-state index contributed by atoms with van der Waals surface area (Å²) < 4.78 is 24.3. The van der Waals surface area contributed by atoms with E-state index in [2.05, 4.69) is 0 Å². The molecule has 9 heteroatoms. The van der Waals surface area contributed by atoms with Gasteiger partial charge in [-0.2, -0.15) is 8.98 Å². The molecule has 0 aliphatic rings. The molecule has 24 heavy (non-hydrogen) atoms. The van der Waals surface area contributed by atoms with Gasteiger partial charge in [0.2, 0.25) is 22.4 Å². The number of sulfonamides is 1. The van der Waals surface area contributed by atoms with Crippen LogP contribution in [0.5, 0.6) is 0 Å². The molecule has 1 aromatic carbocycles. The molecule has 0 saturated carbocycles. The molecule has 2 rings (SSSR count). The number of carbonyl (C=O) groups is 2. The number of benzene rings is 1. The molecule has 0 unspecified atom stereocenters. The van der Waals surface area contributed by atoms with Crippen molar-refractivity contribution >= 4 is 21.7 Å². The summed E-state index contributed by atoms with van der Waals surface area (Å²) in [7, 11) is -3.84. The molecule has 0 radical (unpaired) electrons. The van der Waals surface area contributed by atoms with Gasteiger partial charge in [-0.25, -0.2) is 14.3 Å². The average Bonchev–Trinajstić information content (AvgIpc) is 2.53. The smallest absolute Gasteiger partial charge is 0.287 e. The Morgan fingerprint density at radius 2 is 1.67 bits per heavy atom. The summed E-state index contributed by atoms with van der Waals surface area (Å²) >= 11 is 0. The van der Waals surface area contributed by atoms with Gasteiger partial charge in [0, 0.05) is 11.6 Å². The van der Waals surface area contributed by atoms with Crippen LogP contribution in [0.2, 0.25) is 0 Å². The number of hydrogen-bond acceptors (Lipinski definition) is 5. The van der Waals surface area contributed by atoms with Gasteiger partial charge in [-0.15, -0.1) is 0 Å². The second-order valence-corrected chi connectivity index (χ2v) is 6.78. The Labute approximate surface area is 150 Å². The van der Waals surface area contributed by atoms with Crippen LogP contribution in [0.25, 0.3) is 0 Å². The molecule has 0 atom stereocenters. The van der Waals surface area contributed by atoms with E-state index in [9.17, 15) is 18.0 Å². The van der Waals surface area contributed by atoms with Gasteiger partial charge in [0.1, 0.15) is 5.56 Å². The third kappa shape index (κ3) is 4.95. The number of aromatic nitrogens is 1. The maximum Gasteiger partial charge on any atom is 0.287 e. The molecule has 0 bridgehead atoms. The van der Waals surface area contributed by atoms with E-state index in [1.54, 1.807) is 36.5 Å². The van der Waals surface area contributed by atoms with Crippen molar-refractivity contribution in [2.24, 2.45) is 5.84 Å². The molecule has 0 fully saturated rings. The quantitative estimate of drug-likeness (QED) is 0.187. The van der Waals surface area contributed by atoms with Crippen LogP contribution in [-0.2, 0) is 16.6 Å². The molecule has 0 aliphatic heterocycles. The highest BCUT2D eigenvalue weighted by atomic mass is 79.9. The fraction of sp³-hybridized carbons (Fsp3) is 0.133. The van der Waals surface area contributed by atoms with Crippen LogP contribution in [0.1, 0.15) is 20.7 Å². The first-order chi connectivity index (χ1) is 10.8. The minimum atomic E-state index is -3.84. The van der Waals surface area contributed by atoms with E-state index in [-0.39, 0.29) is 39.3 Å². The zero-order valence-electron chi connectivity index (χ0n) is 12.8. The summed E-state index contributed by atoms with van der Waals surface area (Å²) in [5.41, 5.74) is 0.620. The molecule has 1 aromatic heterocycles. The number of ketones is 1. The number of nitrogens with two attached hydrogens (primary N) is 1. The first-order valence-electron chi connectivity index (χ1n) is 6.66. The zero-order chi connectivity index (χ0) is 17.0. The van der Waals surface area contributed by atoms with E-state index in [0.29, 0.717) is 5.56 Å². The molecule has 2 N–H and O–H groups in total. The Kier molecular flexibility index (Phi) is 6.76. The summed E-state index contributed by atoms with van der Waals surface area (Å²) in [6.45, 7) is 0.0224. The molecule has 0 aliphatic carbocycles. The van der Waals surface area contributed by atoms with E-state index >= 15 is 0 Å². The van der Waals surface area contributed by atoms with Crippen LogP contribution >= 0.6 is 0 Å². The van der Waals surface area contributed by atoms with Crippen molar-refractivity contribution < 1.29 is 39.6 Å². The monoisotopic (exact) mass is 413 g/mol. The molecule has 2 aromatic rings. The second-order valence-electron chi connectivity index (χ2n) is 4.92. The van der Waals surface area contributed by atoms with E-state index in [0.717, 1.165) is 6.26 Å². The van der Waals surface area contributed by atoms with Gasteiger partial charge in [0.05, 0.1) is 6.26 Å². The molecule has 7 nitrogen and oxygen atoms in total. The highest BCUT2D eigenvalue weighted by Crippen LogP contribution is 2.03. The maximum atomic E-state index is 12.2. The van der Waals surface area contributed by atoms with Gasteiger partial charge in [0.15, 0.2) is 12.4 Å². The number of Topliss-reactive ketones (excluding diaryl/α,β-unsaturated/α-hetero) is 1. The minimum Gasteiger partial charge on any atom is -1.00 e. The third-order valence-electron chi connectivity index (χ3n) is 3.08. The van der Waals surface area contributed by atoms with Gasteiger partial charge in [-0.3, -0.25) is 9.59 Å². The Morgan fingerprint density at radius 3 is 2.25 bits per heavy atom. The van der Waals surface area contributed by atoms with Crippen molar-refractivity contribution in [1.29, 1.82) is 0 Å². The van der Waals surface area contributed by atoms with Gasteiger partial charge < -0.3 is 17.0 Å². The summed E-state index contributed by atoms with van der Waals surface area (Å²) in [6, 6.07) is 11.7. The lowest BCUT2D eigenvalue weighted by Gasteiger charge is -2.12. The summed E-state index contributed by atoms with van der Waals surface area (Å²) in [5.74, 6) is 4.29. The zero-order valence-corrected chi connectivity index (χ0v) is 15.2. The summed E-state index contributed by atoms with van der Waals surface area (Å²) in [6.07, 6.45) is 3.83. The molecule has 128 valence electrons. The number of hydrogen-bond donors (Lipinski definition) is 1. The minimum absolute atomic E-state index is 0. The van der Waals surface area contributed by atoms with Gasteiger partial charge in [-0.1, -0.05) is 30.3 Å². The van der Waals surface area contributed by atoms with E-state index in [1.807, 2.05) is 6.07 Å². The third-order valence-corrected chi connectivity index (χ3v) is 3.97. The van der Waals surface area contributed by atoms with Crippen LogP contribution in [0.15, 0.2) is 54.9 Å². The summed E-state index contributed by atoms with van der Waals surface area (Å²) in [4.78, 5) is 24.2. The second kappa shape index (κ2) is 8.13. The Bertz CT molecular complexity index is 841. The number of nitrogens with zero attached hydrogens (tertiary/aromatic N) is 2.